The number of aliphatic hydroxyl groups excluding tert-OH is 1. The molecule has 0 radical (unpaired) electrons. The molecule has 0 bridgehead atoms. The van der Waals surface area contributed by atoms with E-state index in [0.29, 0.717) is 67.3 Å². The first-order valence-electron chi connectivity index (χ1n) is 13.9. The predicted octanol–water partition coefficient (Wildman–Crippen LogP) is 0.813. The quantitative estimate of drug-likeness (QED) is 0.253. The number of aromatic nitrogens is 1. The Kier molecular flexibility index (Phi) is 7.00. The Morgan fingerprint density at radius 2 is 1.88 bits per heavy atom. The minimum Gasteiger partial charge on any atom is -0.508 e. The molecule has 1 amide bonds. The smallest absolute Gasteiger partial charge is 0.255 e. The van der Waals surface area contributed by atoms with E-state index < -0.39 is 52.1 Å². The van der Waals surface area contributed by atoms with E-state index in [1.54, 1.807) is 37.1 Å². The first kappa shape index (κ1) is 28.8. The van der Waals surface area contributed by atoms with Crippen LogP contribution in [-0.4, -0.2) is 111 Å². The Balaban J connectivity index is 1.51. The van der Waals surface area contributed by atoms with Crippen LogP contribution in [0.2, 0.25) is 0 Å². The summed E-state index contributed by atoms with van der Waals surface area (Å²) < 4.78 is 10.6. The summed E-state index contributed by atoms with van der Waals surface area (Å²) in [5.41, 5.74) is 2.98. The number of carbonyl (C=O) groups excluding carboxylic acids is 3. The van der Waals surface area contributed by atoms with Crippen LogP contribution in [0.5, 0.6) is 11.5 Å². The number of aliphatic hydroxyl groups is 2. The van der Waals surface area contributed by atoms with Gasteiger partial charge in [-0.25, -0.2) is 0 Å². The number of primary amides is 1. The van der Waals surface area contributed by atoms with Gasteiger partial charge >= 0.3 is 0 Å². The lowest BCUT2D eigenvalue weighted by Gasteiger charge is -2.50. The standard InChI is InChI=1S/C30H32N4O9/c1-14-11-20(43-32-14)16-3-4-19(35)22-17(16)12-15-13-18-24(34-7-5-33(6-8-34)9-10-42-2)26(37)23(29(31)40)28(39)30(18,41)27(38)21(15)25(22)36/h3-4,11-12,18,24,35-36,39,41H,5-10,13H2,1-2H3,(H2,31,40)/t18-,24+,30-/m0/s1. The second-order valence-electron chi connectivity index (χ2n) is 11.3. The maximum atomic E-state index is 14.2. The Morgan fingerprint density at radius 1 is 1.16 bits per heavy atom. The van der Waals surface area contributed by atoms with Crippen LogP contribution in [-0.2, 0) is 20.7 Å². The predicted molar refractivity (Wildman–Crippen MR) is 152 cm³/mol. The highest BCUT2D eigenvalue weighted by Crippen LogP contribution is 2.51. The van der Waals surface area contributed by atoms with Crippen molar-refractivity contribution in [2.75, 3.05) is 46.4 Å². The monoisotopic (exact) mass is 592 g/mol. The molecule has 1 aliphatic heterocycles. The summed E-state index contributed by atoms with van der Waals surface area (Å²) in [4.78, 5) is 44.3. The van der Waals surface area contributed by atoms with Gasteiger partial charge < -0.3 is 35.4 Å². The van der Waals surface area contributed by atoms with Crippen molar-refractivity contribution in [3.8, 4) is 22.8 Å². The number of hydrogen-bond donors (Lipinski definition) is 5. The number of amides is 1. The number of nitrogens with two attached hydrogens (primary N) is 1. The number of rotatable bonds is 6. The van der Waals surface area contributed by atoms with Crippen LogP contribution in [0.4, 0.5) is 0 Å². The summed E-state index contributed by atoms with van der Waals surface area (Å²) in [5.74, 6) is -6.08. The van der Waals surface area contributed by atoms with Crippen LogP contribution >= 0.6 is 0 Å². The number of ketones is 2. The molecule has 0 saturated carbocycles. The zero-order chi connectivity index (χ0) is 30.8. The van der Waals surface area contributed by atoms with Crippen molar-refractivity contribution in [3.63, 3.8) is 0 Å². The van der Waals surface area contributed by atoms with Crippen LogP contribution < -0.4 is 5.73 Å². The number of methoxy groups -OCH3 is 1. The summed E-state index contributed by atoms with van der Waals surface area (Å²) in [6.45, 7) is 4.85. The van der Waals surface area contributed by atoms with E-state index >= 15 is 0 Å². The fourth-order valence-corrected chi connectivity index (χ4v) is 6.80. The molecule has 2 aliphatic carbocycles. The average molecular weight is 593 g/mol. The molecule has 1 fully saturated rings. The third-order valence-electron chi connectivity index (χ3n) is 8.93. The van der Waals surface area contributed by atoms with Gasteiger partial charge in [-0.05, 0) is 37.1 Å². The van der Waals surface area contributed by atoms with E-state index in [-0.39, 0.29) is 23.1 Å². The lowest BCUT2D eigenvalue weighted by Crippen LogP contribution is -2.67. The van der Waals surface area contributed by atoms with Gasteiger partial charge in [0.2, 0.25) is 5.78 Å². The SMILES string of the molecule is COCCN1CCN([C@H]2C(=O)C(C(N)=O)=C(O)[C@@]3(O)C(=O)c4c(cc5c(-c6cc(C)no6)ccc(O)c5c4O)C[C@@H]23)CC1. The number of aromatic hydroxyl groups is 2. The molecule has 0 unspecified atom stereocenters. The number of ether oxygens (including phenoxy) is 1. The Hall–Kier alpha value is -4.30. The topological polar surface area (TPSA) is 200 Å². The minimum absolute atomic E-state index is 0.0742. The normalized spacial score (nSPS) is 24.8. The van der Waals surface area contributed by atoms with E-state index in [1.807, 2.05) is 0 Å². The highest BCUT2D eigenvalue weighted by molar-refractivity contribution is 6.25. The number of nitrogens with zero attached hydrogens (tertiary/aromatic N) is 3. The highest BCUT2D eigenvalue weighted by atomic mass is 16.5. The van der Waals surface area contributed by atoms with Gasteiger partial charge in [-0.3, -0.25) is 24.2 Å². The van der Waals surface area contributed by atoms with E-state index in [0.717, 1.165) is 0 Å². The van der Waals surface area contributed by atoms with Crippen LogP contribution in [0.25, 0.3) is 22.1 Å². The van der Waals surface area contributed by atoms with Gasteiger partial charge in [-0.2, -0.15) is 0 Å². The van der Waals surface area contributed by atoms with Crippen molar-refractivity contribution in [1.29, 1.82) is 0 Å². The molecule has 1 saturated heterocycles. The van der Waals surface area contributed by atoms with Gasteiger partial charge in [0.05, 0.1) is 29.3 Å². The number of hydrogen-bond acceptors (Lipinski definition) is 12. The number of benzene rings is 2. The van der Waals surface area contributed by atoms with E-state index in [4.69, 9.17) is 15.0 Å². The summed E-state index contributed by atoms with van der Waals surface area (Å²) in [6, 6.07) is 5.04. The number of piperazine rings is 1. The van der Waals surface area contributed by atoms with E-state index in [1.165, 1.54) is 6.07 Å². The van der Waals surface area contributed by atoms with Gasteiger partial charge in [0.1, 0.15) is 22.8 Å². The molecule has 1 aromatic heterocycles. The fraction of sp³-hybridized carbons (Fsp3) is 0.400. The maximum Gasteiger partial charge on any atom is 0.255 e. The molecular weight excluding hydrogens is 560 g/mol. The van der Waals surface area contributed by atoms with Crippen molar-refractivity contribution in [3.05, 3.63) is 52.4 Å². The lowest BCUT2D eigenvalue weighted by atomic mass is 9.61. The van der Waals surface area contributed by atoms with Crippen molar-refractivity contribution in [1.82, 2.24) is 15.0 Å². The van der Waals surface area contributed by atoms with Crippen molar-refractivity contribution in [2.45, 2.75) is 25.0 Å². The molecule has 2 heterocycles. The molecule has 43 heavy (non-hydrogen) atoms. The van der Waals surface area contributed by atoms with Gasteiger partial charge in [0.25, 0.3) is 5.91 Å². The number of carbonyl (C=O) groups is 3. The van der Waals surface area contributed by atoms with E-state index in [2.05, 4.69) is 10.1 Å². The lowest BCUT2D eigenvalue weighted by molar-refractivity contribution is -0.134. The molecule has 6 N–H and O–H groups in total. The number of phenols is 2. The Morgan fingerprint density at radius 3 is 2.51 bits per heavy atom. The Bertz CT molecular complexity index is 1710. The number of aryl methyl sites for hydroxylation is 1. The van der Waals surface area contributed by atoms with Gasteiger partial charge in [-0.1, -0.05) is 5.16 Å². The highest BCUT2D eigenvalue weighted by Gasteiger charge is 2.62. The third kappa shape index (κ3) is 4.30. The second-order valence-corrected chi connectivity index (χ2v) is 11.3. The zero-order valence-electron chi connectivity index (χ0n) is 23.7. The Labute approximate surface area is 245 Å². The molecule has 6 rings (SSSR count). The number of Topliss-reactive ketones (excluding diaryl/α,β-unsaturated/α-hetero) is 2. The van der Waals surface area contributed by atoms with Crippen LogP contribution in [0.15, 0.2) is 40.1 Å². The number of phenolic OH excluding ortho intramolecular Hbond substituents is 2. The minimum atomic E-state index is -2.73. The molecule has 0 spiro atoms. The van der Waals surface area contributed by atoms with Gasteiger partial charge in [0, 0.05) is 62.8 Å². The van der Waals surface area contributed by atoms with Crippen molar-refractivity contribution in [2.24, 2.45) is 11.7 Å². The molecular formula is C30H32N4O9. The fourth-order valence-electron chi connectivity index (χ4n) is 6.80. The van der Waals surface area contributed by atoms with Crippen LogP contribution in [0, 0.1) is 12.8 Å². The first-order chi connectivity index (χ1) is 20.5. The van der Waals surface area contributed by atoms with Crippen molar-refractivity contribution >= 4 is 28.2 Å². The van der Waals surface area contributed by atoms with Crippen LogP contribution in [0.3, 0.4) is 0 Å². The molecule has 3 aromatic rings. The molecule has 2 aromatic carbocycles. The molecule has 3 aliphatic rings. The van der Waals surface area contributed by atoms with Crippen LogP contribution in [0.1, 0.15) is 21.6 Å². The average Bonchev–Trinajstić information content (AvgIpc) is 3.40. The molecule has 3 atom stereocenters. The van der Waals surface area contributed by atoms with Gasteiger partial charge in [-0.15, -0.1) is 0 Å². The summed E-state index contributed by atoms with van der Waals surface area (Å²) in [5, 5.41) is 49.6. The molecule has 226 valence electrons. The largest absolute Gasteiger partial charge is 0.508 e. The maximum absolute atomic E-state index is 14.2. The molecule has 13 heteroatoms. The summed E-state index contributed by atoms with van der Waals surface area (Å²) in [6.07, 6.45) is -0.123. The van der Waals surface area contributed by atoms with Gasteiger partial charge in [0.15, 0.2) is 17.1 Å². The third-order valence-corrected chi connectivity index (χ3v) is 8.93. The number of fused-ring (bicyclic) bond motifs is 3. The van der Waals surface area contributed by atoms with Crippen molar-refractivity contribution < 1.29 is 44.1 Å². The summed E-state index contributed by atoms with van der Waals surface area (Å²) in [7, 11) is 1.61. The first-order valence-corrected chi connectivity index (χ1v) is 13.9. The molecule has 13 nitrogen and oxygen atoms in total. The second kappa shape index (κ2) is 10.5. The summed E-state index contributed by atoms with van der Waals surface area (Å²) >= 11 is 0. The zero-order valence-corrected chi connectivity index (χ0v) is 23.7. The van der Waals surface area contributed by atoms with E-state index in [9.17, 15) is 34.8 Å².